The molecule has 1 amide bonds. The van der Waals surface area contributed by atoms with Gasteiger partial charge in [0.05, 0.1) is 5.52 Å². The molecule has 156 valence electrons. The summed E-state index contributed by atoms with van der Waals surface area (Å²) in [6, 6.07) is 11.4. The largest absolute Gasteiger partial charge is 0.356 e. The van der Waals surface area contributed by atoms with Crippen LogP contribution in [0.25, 0.3) is 21.8 Å². The first-order valence-corrected chi connectivity index (χ1v) is 10.3. The molecule has 0 unspecified atom stereocenters. The molecule has 0 radical (unpaired) electrons. The number of aromatic amines is 2. The van der Waals surface area contributed by atoms with E-state index >= 15 is 0 Å². The van der Waals surface area contributed by atoms with Gasteiger partial charge >= 0.3 is 0 Å². The molecule has 4 aromatic rings. The molecule has 3 N–H and O–H groups in total. The van der Waals surface area contributed by atoms with Crippen molar-refractivity contribution in [3.63, 3.8) is 0 Å². The number of amides is 1. The predicted octanol–water partition coefficient (Wildman–Crippen LogP) is 5.68. The van der Waals surface area contributed by atoms with E-state index in [4.69, 9.17) is 0 Å². The average Bonchev–Trinajstić information content (AvgIpc) is 3.25. The summed E-state index contributed by atoms with van der Waals surface area (Å²) in [4.78, 5) is 19.1. The molecule has 0 spiro atoms. The van der Waals surface area contributed by atoms with Crippen LogP contribution in [0.15, 0.2) is 36.4 Å². The maximum atomic E-state index is 14.1. The molecule has 0 aliphatic carbocycles. The third-order valence-corrected chi connectivity index (χ3v) is 5.82. The van der Waals surface area contributed by atoms with Gasteiger partial charge in [-0.1, -0.05) is 39.0 Å². The van der Waals surface area contributed by atoms with Crippen LogP contribution in [0.5, 0.6) is 0 Å². The quantitative estimate of drug-likeness (QED) is 0.402. The molecule has 0 saturated carbocycles. The number of halogens is 1. The highest BCUT2D eigenvalue weighted by Gasteiger charge is 2.17. The zero-order chi connectivity index (χ0) is 21.6. The number of carbonyl (C=O) groups is 1. The predicted molar refractivity (Wildman–Crippen MR) is 121 cm³/mol. The molecular formula is C25H28FN3O. The van der Waals surface area contributed by atoms with Crippen molar-refractivity contribution in [1.82, 2.24) is 15.3 Å². The first-order valence-electron chi connectivity index (χ1n) is 10.3. The van der Waals surface area contributed by atoms with Crippen molar-refractivity contribution in [3.8, 4) is 0 Å². The van der Waals surface area contributed by atoms with Gasteiger partial charge in [-0.25, -0.2) is 4.39 Å². The SMILES string of the molecule is Cc1[nH]c2c(F)ccc(C)c2c1CCNC(=O)c1cc2ccc(C(C)(C)C)cc2[nH]1. The van der Waals surface area contributed by atoms with Crippen molar-refractivity contribution in [2.24, 2.45) is 0 Å². The minimum absolute atomic E-state index is 0.0521. The van der Waals surface area contributed by atoms with E-state index < -0.39 is 0 Å². The van der Waals surface area contributed by atoms with Crippen LogP contribution >= 0.6 is 0 Å². The number of hydrogen-bond donors (Lipinski definition) is 3. The van der Waals surface area contributed by atoms with Gasteiger partial charge < -0.3 is 15.3 Å². The Morgan fingerprint density at radius 1 is 1.07 bits per heavy atom. The lowest BCUT2D eigenvalue weighted by Gasteiger charge is -2.18. The van der Waals surface area contributed by atoms with E-state index in [0.717, 1.165) is 33.1 Å². The van der Waals surface area contributed by atoms with Crippen molar-refractivity contribution in [1.29, 1.82) is 0 Å². The first-order chi connectivity index (χ1) is 14.1. The number of aryl methyl sites for hydroxylation is 2. The number of benzene rings is 2. The molecule has 30 heavy (non-hydrogen) atoms. The highest BCUT2D eigenvalue weighted by Crippen LogP contribution is 2.28. The maximum absolute atomic E-state index is 14.1. The smallest absolute Gasteiger partial charge is 0.267 e. The third-order valence-electron chi connectivity index (χ3n) is 5.82. The fraction of sp³-hybridized carbons (Fsp3) is 0.320. The molecule has 2 aromatic carbocycles. The Labute approximate surface area is 175 Å². The zero-order valence-electron chi connectivity index (χ0n) is 18.2. The van der Waals surface area contributed by atoms with Gasteiger partial charge in [0.2, 0.25) is 0 Å². The number of carbonyl (C=O) groups excluding carboxylic acids is 1. The van der Waals surface area contributed by atoms with Crippen LogP contribution in [0.4, 0.5) is 4.39 Å². The molecule has 0 saturated heterocycles. The van der Waals surface area contributed by atoms with Crippen molar-refractivity contribution in [2.75, 3.05) is 6.54 Å². The van der Waals surface area contributed by atoms with E-state index in [9.17, 15) is 9.18 Å². The minimum Gasteiger partial charge on any atom is -0.356 e. The molecule has 0 aliphatic rings. The summed E-state index contributed by atoms with van der Waals surface area (Å²) >= 11 is 0. The van der Waals surface area contributed by atoms with Gasteiger partial charge in [-0.3, -0.25) is 4.79 Å². The Bertz CT molecular complexity index is 1260. The highest BCUT2D eigenvalue weighted by atomic mass is 19.1. The van der Waals surface area contributed by atoms with Gasteiger partial charge in [0.25, 0.3) is 5.91 Å². The van der Waals surface area contributed by atoms with Crippen molar-refractivity contribution < 1.29 is 9.18 Å². The lowest BCUT2D eigenvalue weighted by Crippen LogP contribution is -2.26. The Hall–Kier alpha value is -3.08. The lowest BCUT2D eigenvalue weighted by molar-refractivity contribution is 0.0950. The molecule has 0 aliphatic heterocycles. The molecule has 4 rings (SSSR count). The highest BCUT2D eigenvalue weighted by molar-refractivity contribution is 5.98. The van der Waals surface area contributed by atoms with Gasteiger partial charge in [-0.05, 0) is 60.6 Å². The minimum atomic E-state index is -0.248. The third kappa shape index (κ3) is 3.60. The van der Waals surface area contributed by atoms with Crippen molar-refractivity contribution in [2.45, 2.75) is 46.5 Å². The van der Waals surface area contributed by atoms with E-state index in [-0.39, 0.29) is 17.1 Å². The Kier molecular flexibility index (Phi) is 4.92. The number of hydrogen-bond acceptors (Lipinski definition) is 1. The average molecular weight is 406 g/mol. The number of fused-ring (bicyclic) bond motifs is 2. The summed E-state index contributed by atoms with van der Waals surface area (Å²) in [6.45, 7) is 10.9. The lowest BCUT2D eigenvalue weighted by atomic mass is 9.87. The van der Waals surface area contributed by atoms with Gasteiger partial charge in [-0.2, -0.15) is 0 Å². The number of rotatable bonds is 4. The second kappa shape index (κ2) is 7.31. The summed E-state index contributed by atoms with van der Waals surface area (Å²) < 4.78 is 14.1. The molecular weight excluding hydrogens is 377 g/mol. The Morgan fingerprint density at radius 2 is 1.83 bits per heavy atom. The topological polar surface area (TPSA) is 60.7 Å². The van der Waals surface area contributed by atoms with E-state index in [1.54, 1.807) is 6.07 Å². The molecule has 0 bridgehead atoms. The molecule has 5 heteroatoms. The van der Waals surface area contributed by atoms with Crippen LogP contribution in [-0.2, 0) is 11.8 Å². The zero-order valence-corrected chi connectivity index (χ0v) is 18.2. The van der Waals surface area contributed by atoms with Gasteiger partial charge in [-0.15, -0.1) is 0 Å². The second-order valence-corrected chi connectivity index (χ2v) is 9.08. The summed E-state index contributed by atoms with van der Waals surface area (Å²) in [5.41, 5.74) is 6.35. The van der Waals surface area contributed by atoms with Crippen LogP contribution in [-0.4, -0.2) is 22.4 Å². The van der Waals surface area contributed by atoms with Crippen LogP contribution in [0.2, 0.25) is 0 Å². The molecule has 0 fully saturated rings. The summed E-state index contributed by atoms with van der Waals surface area (Å²) in [7, 11) is 0. The molecule has 0 atom stereocenters. The standard InChI is InChI=1S/C25H28FN3O/c1-14-6-9-19(26)23-22(14)18(15(2)28-23)10-11-27-24(30)21-12-16-7-8-17(25(3,4)5)13-20(16)29-21/h6-9,12-13,28-29H,10-11H2,1-5H3,(H,27,30). The van der Waals surface area contributed by atoms with Gasteiger partial charge in [0.1, 0.15) is 11.5 Å². The monoisotopic (exact) mass is 405 g/mol. The summed E-state index contributed by atoms with van der Waals surface area (Å²) in [6.07, 6.45) is 0.635. The normalized spacial score (nSPS) is 12.1. The van der Waals surface area contributed by atoms with Crippen molar-refractivity contribution in [3.05, 3.63) is 70.3 Å². The number of H-pyrrole nitrogens is 2. The first kappa shape index (κ1) is 20.2. The van der Waals surface area contributed by atoms with Crippen LogP contribution in [0.1, 0.15) is 53.6 Å². The fourth-order valence-electron chi connectivity index (χ4n) is 4.07. The van der Waals surface area contributed by atoms with Crippen LogP contribution < -0.4 is 5.32 Å². The van der Waals surface area contributed by atoms with Gasteiger partial charge in [0.15, 0.2) is 0 Å². The Morgan fingerprint density at radius 3 is 2.57 bits per heavy atom. The van der Waals surface area contributed by atoms with Gasteiger partial charge in [0, 0.05) is 28.5 Å². The van der Waals surface area contributed by atoms with Crippen LogP contribution in [0, 0.1) is 19.7 Å². The fourth-order valence-corrected chi connectivity index (χ4v) is 4.07. The van der Waals surface area contributed by atoms with Crippen molar-refractivity contribution >= 4 is 27.7 Å². The van der Waals surface area contributed by atoms with E-state index in [0.29, 0.717) is 24.2 Å². The van der Waals surface area contributed by atoms with Crippen LogP contribution in [0.3, 0.4) is 0 Å². The number of nitrogens with one attached hydrogen (secondary N) is 3. The van der Waals surface area contributed by atoms with E-state index in [1.165, 1.54) is 11.6 Å². The molecule has 4 nitrogen and oxygen atoms in total. The maximum Gasteiger partial charge on any atom is 0.267 e. The summed E-state index contributed by atoms with van der Waals surface area (Å²) in [5, 5.41) is 4.93. The van der Waals surface area contributed by atoms with E-state index in [2.05, 4.69) is 54.3 Å². The Balaban J connectivity index is 1.50. The number of aromatic nitrogens is 2. The molecule has 2 heterocycles. The molecule has 2 aromatic heterocycles. The second-order valence-electron chi connectivity index (χ2n) is 9.08. The van der Waals surface area contributed by atoms with E-state index in [1.807, 2.05) is 19.9 Å². The summed E-state index contributed by atoms with van der Waals surface area (Å²) in [5.74, 6) is -0.384.